The number of aliphatic carboxylic acids is 2. The summed E-state index contributed by atoms with van der Waals surface area (Å²) >= 11 is 5.51. The molecule has 0 bridgehead atoms. The predicted molar refractivity (Wildman–Crippen MR) is 125 cm³/mol. The Bertz CT molecular complexity index is 664. The summed E-state index contributed by atoms with van der Waals surface area (Å²) in [6.07, 6.45) is 1.69. The molecular formula is C19H34N4O7S2. The zero-order chi connectivity index (χ0) is 24.8. The molecule has 0 rings (SSSR count). The van der Waals surface area contributed by atoms with Gasteiger partial charge in [0.25, 0.3) is 0 Å². The van der Waals surface area contributed by atoms with Gasteiger partial charge in [-0.15, -0.1) is 0 Å². The summed E-state index contributed by atoms with van der Waals surface area (Å²) < 4.78 is 0. The Morgan fingerprint density at radius 1 is 0.906 bits per heavy atom. The topological polar surface area (TPSA) is 188 Å². The number of hydrogen-bond acceptors (Lipinski definition) is 8. The fraction of sp³-hybridized carbons (Fsp3) is 0.737. The van der Waals surface area contributed by atoms with Crippen LogP contribution in [0.2, 0.25) is 0 Å². The largest absolute Gasteiger partial charge is 0.481 e. The molecule has 4 atom stereocenters. The van der Waals surface area contributed by atoms with Crippen LogP contribution >= 0.6 is 24.4 Å². The number of thiol groups is 1. The van der Waals surface area contributed by atoms with E-state index in [1.807, 2.05) is 13.8 Å². The van der Waals surface area contributed by atoms with Crippen molar-refractivity contribution in [3.63, 3.8) is 0 Å². The lowest BCUT2D eigenvalue weighted by Gasteiger charge is -2.24. The summed E-state index contributed by atoms with van der Waals surface area (Å²) in [4.78, 5) is 59.6. The van der Waals surface area contributed by atoms with Gasteiger partial charge in [0.2, 0.25) is 17.7 Å². The minimum Gasteiger partial charge on any atom is -0.481 e. The number of nitrogens with two attached hydrogens (primary N) is 1. The Morgan fingerprint density at radius 3 is 1.91 bits per heavy atom. The van der Waals surface area contributed by atoms with E-state index in [0.717, 1.165) is 0 Å². The van der Waals surface area contributed by atoms with E-state index in [1.54, 1.807) is 6.26 Å². The molecule has 184 valence electrons. The number of hydrogen-bond donors (Lipinski definition) is 7. The molecule has 0 aliphatic heterocycles. The van der Waals surface area contributed by atoms with E-state index in [4.69, 9.17) is 10.8 Å². The number of carbonyl (C=O) groups excluding carboxylic acids is 3. The Labute approximate surface area is 197 Å². The summed E-state index contributed by atoms with van der Waals surface area (Å²) in [5, 5.41) is 25.3. The molecule has 0 aromatic rings. The van der Waals surface area contributed by atoms with E-state index in [2.05, 4.69) is 28.6 Å². The zero-order valence-electron chi connectivity index (χ0n) is 18.5. The Hall–Kier alpha value is -1.99. The van der Waals surface area contributed by atoms with Gasteiger partial charge in [-0.05, 0) is 37.2 Å². The van der Waals surface area contributed by atoms with Gasteiger partial charge in [-0.1, -0.05) is 13.8 Å². The first-order chi connectivity index (χ1) is 14.9. The van der Waals surface area contributed by atoms with Crippen molar-refractivity contribution in [2.24, 2.45) is 11.7 Å². The maximum absolute atomic E-state index is 12.7. The van der Waals surface area contributed by atoms with Crippen LogP contribution in [0.4, 0.5) is 0 Å². The second-order valence-electron chi connectivity index (χ2n) is 7.65. The number of carboxylic acid groups (broad SMARTS) is 2. The van der Waals surface area contributed by atoms with Crippen LogP contribution in [-0.4, -0.2) is 81.8 Å². The van der Waals surface area contributed by atoms with Gasteiger partial charge in [-0.3, -0.25) is 19.2 Å². The van der Waals surface area contributed by atoms with Gasteiger partial charge >= 0.3 is 11.9 Å². The molecule has 0 radical (unpaired) electrons. The fourth-order valence-corrected chi connectivity index (χ4v) is 3.39. The van der Waals surface area contributed by atoms with Crippen LogP contribution in [0, 0.1) is 5.92 Å². The molecule has 3 amide bonds. The molecular weight excluding hydrogens is 460 g/mol. The quantitative estimate of drug-likeness (QED) is 0.138. The molecule has 4 unspecified atom stereocenters. The van der Waals surface area contributed by atoms with Crippen molar-refractivity contribution in [2.45, 2.75) is 63.7 Å². The van der Waals surface area contributed by atoms with Gasteiger partial charge in [-0.25, -0.2) is 4.79 Å². The van der Waals surface area contributed by atoms with Crippen molar-refractivity contribution in [1.29, 1.82) is 0 Å². The standard InChI is InChI=1S/C19H34N4O7S2/c1-10(2)8-11(20)16(26)23-14(9-31)18(28)21-12(6-7-32-3)17(27)22-13(19(29)30)4-5-15(24)25/h10-14,31H,4-9,20H2,1-3H3,(H,21,28)(H,22,27)(H,23,26)(H,24,25)(H,29,30). The van der Waals surface area contributed by atoms with Crippen molar-refractivity contribution < 1.29 is 34.2 Å². The van der Waals surface area contributed by atoms with E-state index in [9.17, 15) is 29.1 Å². The average molecular weight is 495 g/mol. The molecule has 7 N–H and O–H groups in total. The van der Waals surface area contributed by atoms with E-state index < -0.39 is 60.2 Å². The van der Waals surface area contributed by atoms with Gasteiger partial charge in [0.05, 0.1) is 6.04 Å². The summed E-state index contributed by atoms with van der Waals surface area (Å²) in [6.45, 7) is 3.82. The highest BCUT2D eigenvalue weighted by Gasteiger charge is 2.30. The molecule has 11 nitrogen and oxygen atoms in total. The number of thioether (sulfide) groups is 1. The number of carbonyl (C=O) groups is 5. The van der Waals surface area contributed by atoms with E-state index in [0.29, 0.717) is 12.2 Å². The lowest BCUT2D eigenvalue weighted by atomic mass is 10.0. The van der Waals surface area contributed by atoms with Crippen LogP contribution < -0.4 is 21.7 Å². The monoisotopic (exact) mass is 494 g/mol. The molecule has 0 saturated carbocycles. The van der Waals surface area contributed by atoms with E-state index >= 15 is 0 Å². The van der Waals surface area contributed by atoms with Crippen molar-refractivity contribution in [3.05, 3.63) is 0 Å². The minimum absolute atomic E-state index is 0.0425. The van der Waals surface area contributed by atoms with Crippen molar-refractivity contribution in [2.75, 3.05) is 17.8 Å². The third kappa shape index (κ3) is 12.2. The first-order valence-corrected chi connectivity index (χ1v) is 12.2. The number of rotatable bonds is 16. The highest BCUT2D eigenvalue weighted by atomic mass is 32.2. The SMILES string of the molecule is CSCCC(NC(=O)C(CS)NC(=O)C(N)CC(C)C)C(=O)NC(CCC(=O)O)C(=O)O. The second kappa shape index (κ2) is 15.8. The van der Waals surface area contributed by atoms with Gasteiger partial charge in [0.15, 0.2) is 0 Å². The first kappa shape index (κ1) is 30.0. The van der Waals surface area contributed by atoms with Crippen LogP contribution in [0.5, 0.6) is 0 Å². The maximum Gasteiger partial charge on any atom is 0.326 e. The third-order valence-corrected chi connectivity index (χ3v) is 5.39. The van der Waals surface area contributed by atoms with Gasteiger partial charge < -0.3 is 31.9 Å². The minimum atomic E-state index is -1.42. The van der Waals surface area contributed by atoms with E-state index in [1.165, 1.54) is 11.8 Å². The summed E-state index contributed by atoms with van der Waals surface area (Å²) in [5.74, 6) is -3.88. The lowest BCUT2D eigenvalue weighted by Crippen LogP contribution is -2.57. The predicted octanol–water partition coefficient (Wildman–Crippen LogP) is -0.553. The average Bonchev–Trinajstić information content (AvgIpc) is 2.70. The summed E-state index contributed by atoms with van der Waals surface area (Å²) in [7, 11) is 0. The number of carboxylic acids is 2. The van der Waals surface area contributed by atoms with Gasteiger partial charge in [0, 0.05) is 12.2 Å². The Morgan fingerprint density at radius 2 is 1.44 bits per heavy atom. The van der Waals surface area contributed by atoms with Crippen LogP contribution in [0.25, 0.3) is 0 Å². The Balaban J connectivity index is 5.22. The molecule has 0 aliphatic rings. The number of amides is 3. The Kier molecular flexibility index (Phi) is 14.8. The normalized spacial score (nSPS) is 14.7. The van der Waals surface area contributed by atoms with Gasteiger partial charge in [0.1, 0.15) is 18.1 Å². The van der Waals surface area contributed by atoms with E-state index in [-0.39, 0.29) is 24.5 Å². The number of nitrogens with one attached hydrogen (secondary N) is 3. The van der Waals surface area contributed by atoms with Crippen LogP contribution in [0.3, 0.4) is 0 Å². The fourth-order valence-electron chi connectivity index (χ4n) is 2.66. The molecule has 0 fully saturated rings. The third-order valence-electron chi connectivity index (χ3n) is 4.38. The molecule has 13 heteroatoms. The molecule has 0 spiro atoms. The van der Waals surface area contributed by atoms with Crippen molar-refractivity contribution in [3.8, 4) is 0 Å². The maximum atomic E-state index is 12.7. The molecule has 0 aromatic heterocycles. The first-order valence-electron chi connectivity index (χ1n) is 10.1. The lowest BCUT2D eigenvalue weighted by molar-refractivity contribution is -0.143. The molecule has 0 saturated heterocycles. The molecule has 0 heterocycles. The van der Waals surface area contributed by atoms with Crippen molar-refractivity contribution >= 4 is 54.1 Å². The summed E-state index contributed by atoms with van der Waals surface area (Å²) in [5.41, 5.74) is 5.84. The van der Waals surface area contributed by atoms with Crippen molar-refractivity contribution in [1.82, 2.24) is 16.0 Å². The molecule has 0 aromatic carbocycles. The van der Waals surface area contributed by atoms with Crippen LogP contribution in [0.15, 0.2) is 0 Å². The second-order valence-corrected chi connectivity index (χ2v) is 9.01. The summed E-state index contributed by atoms with van der Waals surface area (Å²) in [6, 6.07) is -4.34. The zero-order valence-corrected chi connectivity index (χ0v) is 20.2. The highest BCUT2D eigenvalue weighted by molar-refractivity contribution is 7.98. The van der Waals surface area contributed by atoms with Crippen LogP contribution in [0.1, 0.15) is 39.5 Å². The highest BCUT2D eigenvalue weighted by Crippen LogP contribution is 2.06. The van der Waals surface area contributed by atoms with Gasteiger partial charge in [-0.2, -0.15) is 24.4 Å². The smallest absolute Gasteiger partial charge is 0.326 e. The molecule has 32 heavy (non-hydrogen) atoms. The molecule has 0 aliphatic carbocycles. The van der Waals surface area contributed by atoms with Crippen LogP contribution in [-0.2, 0) is 24.0 Å².